The average Bonchev–Trinajstić information content (AvgIpc) is 2.83. The highest BCUT2D eigenvalue weighted by Gasteiger charge is 2.60. The van der Waals surface area contributed by atoms with Crippen LogP contribution in [0.2, 0.25) is 0 Å². The SMILES string of the molecule is C[C@@]12CCC[C@H]1[C@@H]1C(=O)C=C3C[C@@H](O)C[C@@H](O)[C@]3(C)[C@H]1CC2. The van der Waals surface area contributed by atoms with E-state index in [9.17, 15) is 15.0 Å². The van der Waals surface area contributed by atoms with Crippen molar-refractivity contribution in [2.75, 3.05) is 0 Å². The van der Waals surface area contributed by atoms with Gasteiger partial charge in [0.2, 0.25) is 0 Å². The lowest BCUT2D eigenvalue weighted by molar-refractivity contribution is -0.140. The van der Waals surface area contributed by atoms with E-state index >= 15 is 0 Å². The molecule has 0 spiro atoms. The van der Waals surface area contributed by atoms with Crippen molar-refractivity contribution in [1.82, 2.24) is 0 Å². The highest BCUT2D eigenvalue weighted by Crippen LogP contribution is 2.63. The summed E-state index contributed by atoms with van der Waals surface area (Å²) in [6.45, 7) is 4.52. The zero-order valence-corrected chi connectivity index (χ0v) is 13.7. The zero-order chi connectivity index (χ0) is 15.7. The van der Waals surface area contributed by atoms with Gasteiger partial charge in [0.1, 0.15) is 0 Å². The van der Waals surface area contributed by atoms with Gasteiger partial charge in [0.25, 0.3) is 0 Å². The number of rotatable bonds is 0. The first-order chi connectivity index (χ1) is 10.4. The molecule has 122 valence electrons. The minimum atomic E-state index is -0.520. The van der Waals surface area contributed by atoms with Crippen molar-refractivity contribution in [2.45, 2.75) is 71.0 Å². The van der Waals surface area contributed by atoms with E-state index in [1.54, 1.807) is 6.08 Å². The fraction of sp³-hybridized carbons (Fsp3) is 0.842. The number of hydrogen-bond acceptors (Lipinski definition) is 3. The van der Waals surface area contributed by atoms with E-state index in [0.717, 1.165) is 12.0 Å². The van der Waals surface area contributed by atoms with Crippen molar-refractivity contribution in [1.29, 1.82) is 0 Å². The lowest BCUT2D eigenvalue weighted by atomic mass is 9.47. The molecule has 0 radical (unpaired) electrons. The van der Waals surface area contributed by atoms with Gasteiger partial charge < -0.3 is 10.2 Å². The Bertz CT molecular complexity index is 539. The molecule has 0 unspecified atom stereocenters. The second kappa shape index (κ2) is 4.67. The fourth-order valence-electron chi connectivity index (χ4n) is 6.44. The second-order valence-electron chi connectivity index (χ2n) is 8.79. The topological polar surface area (TPSA) is 57.5 Å². The first kappa shape index (κ1) is 14.9. The van der Waals surface area contributed by atoms with Crippen molar-refractivity contribution in [2.24, 2.45) is 28.6 Å². The van der Waals surface area contributed by atoms with Crippen LogP contribution in [0.15, 0.2) is 11.6 Å². The van der Waals surface area contributed by atoms with Gasteiger partial charge in [-0.1, -0.05) is 25.8 Å². The van der Waals surface area contributed by atoms with Crippen molar-refractivity contribution < 1.29 is 15.0 Å². The van der Waals surface area contributed by atoms with E-state index in [4.69, 9.17) is 0 Å². The van der Waals surface area contributed by atoms with Crippen LogP contribution in [-0.2, 0) is 4.79 Å². The van der Waals surface area contributed by atoms with Crippen LogP contribution in [0.3, 0.4) is 0 Å². The Balaban J connectivity index is 1.78. The van der Waals surface area contributed by atoms with E-state index < -0.39 is 12.2 Å². The molecule has 2 N–H and O–H groups in total. The Morgan fingerprint density at radius 2 is 1.91 bits per heavy atom. The lowest BCUT2D eigenvalue weighted by Gasteiger charge is -2.57. The van der Waals surface area contributed by atoms with Crippen molar-refractivity contribution in [3.8, 4) is 0 Å². The molecule has 0 aromatic rings. The summed E-state index contributed by atoms with van der Waals surface area (Å²) in [5.74, 6) is 1.13. The molecule has 0 aromatic carbocycles. The summed E-state index contributed by atoms with van der Waals surface area (Å²) < 4.78 is 0. The maximum absolute atomic E-state index is 12.9. The summed E-state index contributed by atoms with van der Waals surface area (Å²) in [4.78, 5) is 12.9. The standard InChI is InChI=1S/C19H28O3/c1-18-6-3-4-13(18)17-14(5-7-18)19(2)11(9-15(17)21)8-12(20)10-16(19)22/h9,12-14,16-17,20,22H,3-8,10H2,1-2H3/t12-,13+,14+,16-,17+,18+,19+/m1/s1. The maximum atomic E-state index is 12.9. The minimum Gasteiger partial charge on any atom is -0.393 e. The molecule has 3 nitrogen and oxygen atoms in total. The fourth-order valence-corrected chi connectivity index (χ4v) is 6.44. The normalized spacial score (nSPS) is 54.3. The quantitative estimate of drug-likeness (QED) is 0.723. The number of carbonyl (C=O) groups excluding carboxylic acids is 1. The van der Waals surface area contributed by atoms with Gasteiger partial charge in [-0.25, -0.2) is 0 Å². The highest BCUT2D eigenvalue weighted by atomic mass is 16.3. The van der Waals surface area contributed by atoms with Crippen LogP contribution < -0.4 is 0 Å². The number of ketones is 1. The third-order valence-corrected chi connectivity index (χ3v) is 7.80. The largest absolute Gasteiger partial charge is 0.393 e. The molecule has 0 aliphatic heterocycles. The molecule has 4 aliphatic carbocycles. The number of carbonyl (C=O) groups is 1. The highest BCUT2D eigenvalue weighted by molar-refractivity contribution is 5.94. The van der Waals surface area contributed by atoms with E-state index in [2.05, 4.69) is 13.8 Å². The molecule has 7 atom stereocenters. The van der Waals surface area contributed by atoms with Crippen molar-refractivity contribution in [3.05, 3.63) is 11.6 Å². The maximum Gasteiger partial charge on any atom is 0.159 e. The molecule has 4 aliphatic rings. The van der Waals surface area contributed by atoms with Gasteiger partial charge in [0.15, 0.2) is 5.78 Å². The van der Waals surface area contributed by atoms with Gasteiger partial charge >= 0.3 is 0 Å². The van der Waals surface area contributed by atoms with Crippen LogP contribution in [-0.4, -0.2) is 28.2 Å². The Hall–Kier alpha value is -0.670. The van der Waals surface area contributed by atoms with Gasteiger partial charge in [-0.3, -0.25) is 4.79 Å². The van der Waals surface area contributed by atoms with Gasteiger partial charge in [-0.2, -0.15) is 0 Å². The molecule has 0 bridgehead atoms. The smallest absolute Gasteiger partial charge is 0.159 e. The third-order valence-electron chi connectivity index (χ3n) is 7.80. The summed E-state index contributed by atoms with van der Waals surface area (Å²) in [6.07, 6.45) is 7.69. The number of allylic oxidation sites excluding steroid dienone is 1. The van der Waals surface area contributed by atoms with Crippen LogP contribution in [0.1, 0.15) is 58.8 Å². The van der Waals surface area contributed by atoms with Crippen LogP contribution in [0.25, 0.3) is 0 Å². The van der Waals surface area contributed by atoms with Crippen molar-refractivity contribution >= 4 is 5.78 Å². The minimum absolute atomic E-state index is 0.0971. The number of hydrogen-bond donors (Lipinski definition) is 2. The predicted molar refractivity (Wildman–Crippen MR) is 84.1 cm³/mol. The Kier molecular flexibility index (Phi) is 3.16. The molecule has 22 heavy (non-hydrogen) atoms. The Morgan fingerprint density at radius 1 is 1.14 bits per heavy atom. The van der Waals surface area contributed by atoms with E-state index in [1.807, 2.05) is 0 Å². The van der Waals surface area contributed by atoms with Gasteiger partial charge in [0, 0.05) is 17.8 Å². The number of aliphatic hydroxyl groups is 2. The summed E-state index contributed by atoms with van der Waals surface area (Å²) in [5.41, 5.74) is 1.03. The van der Waals surface area contributed by atoms with E-state index in [1.165, 1.54) is 25.7 Å². The summed E-state index contributed by atoms with van der Waals surface area (Å²) in [5, 5.41) is 20.7. The lowest BCUT2D eigenvalue weighted by Crippen LogP contribution is -2.57. The van der Waals surface area contributed by atoms with Gasteiger partial charge in [-0.05, 0) is 55.4 Å². The van der Waals surface area contributed by atoms with Crippen molar-refractivity contribution in [3.63, 3.8) is 0 Å². The molecule has 0 aromatic heterocycles. The molecule has 3 heteroatoms. The predicted octanol–water partition coefficient (Wildman–Crippen LogP) is 2.85. The van der Waals surface area contributed by atoms with Crippen LogP contribution in [0, 0.1) is 28.6 Å². The zero-order valence-electron chi connectivity index (χ0n) is 13.7. The summed E-state index contributed by atoms with van der Waals surface area (Å²) in [6, 6.07) is 0. The van der Waals surface area contributed by atoms with Crippen LogP contribution >= 0.6 is 0 Å². The molecule has 3 fully saturated rings. The Labute approximate surface area is 132 Å². The van der Waals surface area contributed by atoms with E-state index in [-0.39, 0.29) is 23.0 Å². The first-order valence-electron chi connectivity index (χ1n) is 8.97. The van der Waals surface area contributed by atoms with Crippen LogP contribution in [0.5, 0.6) is 0 Å². The summed E-state index contributed by atoms with van der Waals surface area (Å²) >= 11 is 0. The molecule has 0 heterocycles. The first-order valence-corrected chi connectivity index (χ1v) is 8.97. The molecular weight excluding hydrogens is 276 g/mol. The molecule has 4 rings (SSSR count). The summed E-state index contributed by atoms with van der Waals surface area (Å²) in [7, 11) is 0. The monoisotopic (exact) mass is 304 g/mol. The Morgan fingerprint density at radius 3 is 2.68 bits per heavy atom. The molecular formula is C19H28O3. The van der Waals surface area contributed by atoms with Gasteiger partial charge in [0.05, 0.1) is 12.2 Å². The molecule has 0 saturated heterocycles. The molecule has 3 saturated carbocycles. The number of aliphatic hydroxyl groups excluding tert-OH is 2. The van der Waals surface area contributed by atoms with E-state index in [0.29, 0.717) is 24.2 Å². The second-order valence-corrected chi connectivity index (χ2v) is 8.79. The average molecular weight is 304 g/mol. The molecule has 0 amide bonds. The number of fused-ring (bicyclic) bond motifs is 5. The van der Waals surface area contributed by atoms with Gasteiger partial charge in [-0.15, -0.1) is 0 Å². The third kappa shape index (κ3) is 1.78. The van der Waals surface area contributed by atoms with Crippen LogP contribution in [0.4, 0.5) is 0 Å².